The van der Waals surface area contributed by atoms with Crippen molar-refractivity contribution in [3.8, 4) is 0 Å². The summed E-state index contributed by atoms with van der Waals surface area (Å²) < 4.78 is 0. The molecule has 0 aliphatic heterocycles. The lowest BCUT2D eigenvalue weighted by molar-refractivity contribution is 0.833. The van der Waals surface area contributed by atoms with Gasteiger partial charge in [0.25, 0.3) is 0 Å². The van der Waals surface area contributed by atoms with Gasteiger partial charge < -0.3 is 5.32 Å². The van der Waals surface area contributed by atoms with Crippen LogP contribution in [0.2, 0.25) is 0 Å². The highest BCUT2D eigenvalue weighted by Crippen LogP contribution is 2.28. The number of nitrogens with one attached hydrogen (secondary N) is 1. The molecule has 0 spiro atoms. The molecule has 1 aromatic carbocycles. The topological polar surface area (TPSA) is 24.9 Å². The van der Waals surface area contributed by atoms with Gasteiger partial charge >= 0.3 is 0 Å². The first-order valence-electron chi connectivity index (χ1n) is 7.34. The van der Waals surface area contributed by atoms with Crippen LogP contribution in [0.4, 0.5) is 5.69 Å². The van der Waals surface area contributed by atoms with Crippen molar-refractivity contribution in [2.75, 3.05) is 5.32 Å². The van der Waals surface area contributed by atoms with E-state index >= 15 is 0 Å². The third-order valence-corrected chi connectivity index (χ3v) is 3.57. The van der Waals surface area contributed by atoms with Crippen molar-refractivity contribution in [1.29, 1.82) is 0 Å². The molecule has 2 aromatic rings. The number of benzene rings is 1. The zero-order valence-electron chi connectivity index (χ0n) is 12.9. The first kappa shape index (κ1) is 14.6. The molecule has 2 nitrogen and oxygen atoms in total. The molecule has 0 bridgehead atoms. The number of pyridine rings is 1. The Hall–Kier alpha value is -1.83. The fourth-order valence-electron chi connectivity index (χ4n) is 2.28. The van der Waals surface area contributed by atoms with Gasteiger partial charge in [0.2, 0.25) is 0 Å². The minimum atomic E-state index is 0.519. The average Bonchev–Trinajstić information content (AvgIpc) is 2.45. The lowest BCUT2D eigenvalue weighted by Gasteiger charge is -2.17. The minimum absolute atomic E-state index is 0.519. The fraction of sp³-hybridized carbons (Fsp3) is 0.389. The second-order valence-electron chi connectivity index (χ2n) is 5.87. The normalized spacial score (nSPS) is 11.1. The Morgan fingerprint density at radius 3 is 2.45 bits per heavy atom. The van der Waals surface area contributed by atoms with E-state index in [4.69, 9.17) is 0 Å². The van der Waals surface area contributed by atoms with E-state index in [9.17, 15) is 0 Å². The van der Waals surface area contributed by atoms with E-state index in [2.05, 4.69) is 62.3 Å². The van der Waals surface area contributed by atoms with Crippen molar-refractivity contribution >= 4 is 5.69 Å². The number of hydrogen-bond donors (Lipinski definition) is 1. The molecule has 0 amide bonds. The minimum Gasteiger partial charge on any atom is -0.381 e. The molecule has 0 atom stereocenters. The summed E-state index contributed by atoms with van der Waals surface area (Å²) in [6, 6.07) is 10.8. The van der Waals surface area contributed by atoms with Crippen molar-refractivity contribution < 1.29 is 0 Å². The molecule has 106 valence electrons. The predicted octanol–water partition coefficient (Wildman–Crippen LogP) is 4.94. The molecule has 2 heteroatoms. The van der Waals surface area contributed by atoms with Gasteiger partial charge in [-0.25, -0.2) is 0 Å². The summed E-state index contributed by atoms with van der Waals surface area (Å²) >= 11 is 0. The molecule has 2 rings (SSSR count). The fourth-order valence-corrected chi connectivity index (χ4v) is 2.28. The summed E-state index contributed by atoms with van der Waals surface area (Å²) in [6.07, 6.45) is 3.71. The van der Waals surface area contributed by atoms with Gasteiger partial charge in [-0.05, 0) is 40.7 Å². The lowest BCUT2D eigenvalue weighted by Crippen LogP contribution is -2.04. The van der Waals surface area contributed by atoms with E-state index < -0.39 is 0 Å². The maximum Gasteiger partial charge on any atom is 0.0416 e. The molecule has 1 aromatic heterocycles. The Bertz CT molecular complexity index is 545. The zero-order valence-corrected chi connectivity index (χ0v) is 12.9. The standard InChI is InChI=1S/C18H24N2/c1-13(2)16-7-8-18(17(10-16)14(3)4)20-12-15-6-5-9-19-11-15/h5-11,13-14,20H,12H2,1-4H3. The molecule has 0 fully saturated rings. The summed E-state index contributed by atoms with van der Waals surface area (Å²) in [7, 11) is 0. The van der Waals surface area contributed by atoms with Crippen LogP contribution in [0.3, 0.4) is 0 Å². The molecule has 1 N–H and O–H groups in total. The van der Waals surface area contributed by atoms with E-state index in [-0.39, 0.29) is 0 Å². The van der Waals surface area contributed by atoms with Gasteiger partial charge in [0.15, 0.2) is 0 Å². The third kappa shape index (κ3) is 3.60. The quantitative estimate of drug-likeness (QED) is 0.830. The van der Waals surface area contributed by atoms with Crippen LogP contribution in [0.1, 0.15) is 56.2 Å². The van der Waals surface area contributed by atoms with Crippen LogP contribution in [-0.2, 0) is 6.54 Å². The molecular formula is C18H24N2. The number of anilines is 1. The monoisotopic (exact) mass is 268 g/mol. The largest absolute Gasteiger partial charge is 0.381 e. The first-order chi connectivity index (χ1) is 9.58. The van der Waals surface area contributed by atoms with E-state index in [1.165, 1.54) is 22.4 Å². The molecule has 0 radical (unpaired) electrons. The Morgan fingerprint density at radius 1 is 1.05 bits per heavy atom. The highest BCUT2D eigenvalue weighted by molar-refractivity contribution is 5.54. The van der Waals surface area contributed by atoms with Crippen LogP contribution in [-0.4, -0.2) is 4.98 Å². The zero-order chi connectivity index (χ0) is 14.5. The molecule has 20 heavy (non-hydrogen) atoms. The Labute approximate surface area is 122 Å². The highest BCUT2D eigenvalue weighted by atomic mass is 14.9. The molecule has 0 saturated heterocycles. The molecule has 0 aliphatic carbocycles. The summed E-state index contributed by atoms with van der Waals surface area (Å²) in [5.74, 6) is 1.09. The van der Waals surface area contributed by atoms with Crippen LogP contribution in [0.15, 0.2) is 42.7 Å². The van der Waals surface area contributed by atoms with Crippen molar-refractivity contribution in [1.82, 2.24) is 4.98 Å². The molecule has 0 aliphatic rings. The van der Waals surface area contributed by atoms with Crippen LogP contribution in [0.25, 0.3) is 0 Å². The summed E-state index contributed by atoms with van der Waals surface area (Å²) in [5.41, 5.74) is 5.23. The van der Waals surface area contributed by atoms with Crippen LogP contribution in [0, 0.1) is 0 Å². The Balaban J connectivity index is 2.18. The van der Waals surface area contributed by atoms with E-state index in [1.807, 2.05) is 12.3 Å². The molecule has 0 saturated carbocycles. The second kappa shape index (κ2) is 6.56. The summed E-state index contributed by atoms with van der Waals surface area (Å²) in [4.78, 5) is 4.15. The van der Waals surface area contributed by atoms with Crippen molar-refractivity contribution in [2.24, 2.45) is 0 Å². The SMILES string of the molecule is CC(C)c1ccc(NCc2cccnc2)c(C(C)C)c1. The third-order valence-electron chi connectivity index (χ3n) is 3.57. The number of aromatic nitrogens is 1. The summed E-state index contributed by atoms with van der Waals surface area (Å²) in [5, 5.41) is 3.54. The first-order valence-corrected chi connectivity index (χ1v) is 7.34. The van der Waals surface area contributed by atoms with E-state index in [0.717, 1.165) is 6.54 Å². The molecular weight excluding hydrogens is 244 g/mol. The molecule has 1 heterocycles. The maximum absolute atomic E-state index is 4.15. The van der Waals surface area contributed by atoms with Crippen LogP contribution >= 0.6 is 0 Å². The number of rotatable bonds is 5. The van der Waals surface area contributed by atoms with Gasteiger partial charge in [-0.3, -0.25) is 4.98 Å². The summed E-state index contributed by atoms with van der Waals surface area (Å²) in [6.45, 7) is 9.78. The Morgan fingerprint density at radius 2 is 1.85 bits per heavy atom. The van der Waals surface area contributed by atoms with Gasteiger partial charge in [0.1, 0.15) is 0 Å². The number of nitrogens with zero attached hydrogens (tertiary/aromatic N) is 1. The second-order valence-corrected chi connectivity index (χ2v) is 5.87. The van der Waals surface area contributed by atoms with Gasteiger partial charge in [0.05, 0.1) is 0 Å². The maximum atomic E-state index is 4.15. The van der Waals surface area contributed by atoms with Crippen molar-refractivity contribution in [3.05, 3.63) is 59.4 Å². The van der Waals surface area contributed by atoms with Gasteiger partial charge in [-0.2, -0.15) is 0 Å². The van der Waals surface area contributed by atoms with Crippen molar-refractivity contribution in [2.45, 2.75) is 46.1 Å². The predicted molar refractivity (Wildman–Crippen MR) is 86.2 cm³/mol. The Kier molecular flexibility index (Phi) is 4.78. The lowest BCUT2D eigenvalue weighted by atomic mass is 9.94. The van der Waals surface area contributed by atoms with Gasteiger partial charge in [-0.15, -0.1) is 0 Å². The van der Waals surface area contributed by atoms with Gasteiger partial charge in [0, 0.05) is 24.6 Å². The van der Waals surface area contributed by atoms with Crippen LogP contribution < -0.4 is 5.32 Å². The van der Waals surface area contributed by atoms with E-state index in [0.29, 0.717) is 11.8 Å². The van der Waals surface area contributed by atoms with E-state index in [1.54, 1.807) is 6.20 Å². The van der Waals surface area contributed by atoms with Crippen LogP contribution in [0.5, 0.6) is 0 Å². The van der Waals surface area contributed by atoms with Gasteiger partial charge in [-0.1, -0.05) is 45.9 Å². The smallest absolute Gasteiger partial charge is 0.0416 e. The average molecular weight is 268 g/mol. The number of hydrogen-bond acceptors (Lipinski definition) is 2. The highest BCUT2D eigenvalue weighted by Gasteiger charge is 2.09. The molecule has 0 unspecified atom stereocenters. The van der Waals surface area contributed by atoms with Crippen molar-refractivity contribution in [3.63, 3.8) is 0 Å².